The Morgan fingerprint density at radius 1 is 1.12 bits per heavy atom. The van der Waals surface area contributed by atoms with Crippen LogP contribution in [0, 0.1) is 0 Å². The number of aliphatic hydroxyl groups is 1. The van der Waals surface area contributed by atoms with Crippen molar-refractivity contribution in [3.05, 3.63) is 11.4 Å². The molecule has 0 fully saturated rings. The van der Waals surface area contributed by atoms with Gasteiger partial charge in [-0.2, -0.15) is 5.10 Å². The zero-order valence-corrected chi connectivity index (χ0v) is 11.1. The van der Waals surface area contributed by atoms with E-state index in [0.717, 1.165) is 24.2 Å². The van der Waals surface area contributed by atoms with Crippen LogP contribution in [-0.2, 0) is 12.8 Å². The van der Waals surface area contributed by atoms with Crippen LogP contribution >= 0.6 is 11.8 Å². The van der Waals surface area contributed by atoms with E-state index in [2.05, 4.69) is 29.0 Å². The van der Waals surface area contributed by atoms with Crippen LogP contribution in [0.2, 0.25) is 0 Å². The van der Waals surface area contributed by atoms with Crippen molar-refractivity contribution >= 4 is 11.8 Å². The molecule has 0 bridgehead atoms. The maximum Gasteiger partial charge on any atom is 0.209 e. The summed E-state index contributed by atoms with van der Waals surface area (Å²) in [7, 11) is 0. The fraction of sp³-hybridized carbons (Fsp3) is 0.727. The van der Waals surface area contributed by atoms with E-state index in [-0.39, 0.29) is 11.4 Å². The number of aryl methyl sites for hydroxylation is 2. The topological polar surface area (TPSA) is 58.9 Å². The Bertz CT molecular complexity index is 344. The number of nitrogens with zero attached hydrogens (tertiary/aromatic N) is 3. The van der Waals surface area contributed by atoms with Crippen LogP contribution in [0.4, 0.5) is 0 Å². The second-order valence-corrected chi connectivity index (χ2v) is 5.10. The van der Waals surface area contributed by atoms with Gasteiger partial charge in [-0.15, -0.1) is 5.10 Å². The third-order valence-corrected chi connectivity index (χ3v) is 3.61. The van der Waals surface area contributed by atoms with Crippen LogP contribution in [0.3, 0.4) is 0 Å². The molecule has 0 aromatic carbocycles. The number of thioether (sulfide) groups is 1. The van der Waals surface area contributed by atoms with Crippen molar-refractivity contribution in [3.63, 3.8) is 0 Å². The second-order valence-electron chi connectivity index (χ2n) is 3.76. The van der Waals surface area contributed by atoms with Crippen molar-refractivity contribution in [2.45, 2.75) is 57.0 Å². The molecule has 1 rings (SSSR count). The van der Waals surface area contributed by atoms with E-state index in [1.54, 1.807) is 6.92 Å². The highest BCUT2D eigenvalue weighted by Crippen LogP contribution is 2.21. The van der Waals surface area contributed by atoms with E-state index in [9.17, 15) is 5.11 Å². The molecule has 0 saturated carbocycles. The quantitative estimate of drug-likeness (QED) is 0.797. The van der Waals surface area contributed by atoms with Crippen LogP contribution in [0.25, 0.3) is 0 Å². The van der Waals surface area contributed by atoms with E-state index < -0.39 is 0 Å². The lowest BCUT2D eigenvalue weighted by atomic mass is 10.2. The van der Waals surface area contributed by atoms with Crippen molar-refractivity contribution < 1.29 is 5.11 Å². The molecule has 0 saturated heterocycles. The van der Waals surface area contributed by atoms with E-state index in [0.29, 0.717) is 5.16 Å². The first-order valence-corrected chi connectivity index (χ1v) is 6.53. The fourth-order valence-electron chi connectivity index (χ4n) is 1.24. The van der Waals surface area contributed by atoms with Gasteiger partial charge in [0.15, 0.2) is 0 Å². The summed E-state index contributed by atoms with van der Waals surface area (Å²) in [6, 6.07) is 0. The lowest BCUT2D eigenvalue weighted by Crippen LogP contribution is -2.16. The molecule has 1 aromatic heterocycles. The molecular weight excluding hydrogens is 222 g/mol. The smallest absolute Gasteiger partial charge is 0.209 e. The van der Waals surface area contributed by atoms with Crippen molar-refractivity contribution in [1.29, 1.82) is 0 Å². The maximum absolute atomic E-state index is 9.41. The van der Waals surface area contributed by atoms with Crippen LogP contribution in [-0.4, -0.2) is 31.6 Å². The van der Waals surface area contributed by atoms with Gasteiger partial charge in [-0.1, -0.05) is 32.5 Å². The number of aromatic nitrogens is 3. The van der Waals surface area contributed by atoms with Gasteiger partial charge in [0.1, 0.15) is 0 Å². The minimum Gasteiger partial charge on any atom is -0.392 e. The van der Waals surface area contributed by atoms with E-state index in [1.165, 1.54) is 11.8 Å². The molecule has 90 valence electrons. The molecule has 0 aliphatic rings. The van der Waals surface area contributed by atoms with Crippen LogP contribution in [0.1, 0.15) is 39.1 Å². The molecule has 2 unspecified atom stereocenters. The zero-order valence-electron chi connectivity index (χ0n) is 10.3. The first-order chi connectivity index (χ1) is 7.58. The summed E-state index contributed by atoms with van der Waals surface area (Å²) in [5.74, 6) is 0. The first kappa shape index (κ1) is 13.4. The molecule has 0 amide bonds. The fourth-order valence-corrected chi connectivity index (χ4v) is 2.02. The van der Waals surface area contributed by atoms with Gasteiger partial charge in [-0.25, -0.2) is 4.98 Å². The summed E-state index contributed by atoms with van der Waals surface area (Å²) in [5.41, 5.74) is 1.98. The number of hydrogen-bond acceptors (Lipinski definition) is 5. The summed E-state index contributed by atoms with van der Waals surface area (Å²) in [6.07, 6.45) is 1.36. The first-order valence-electron chi connectivity index (χ1n) is 5.65. The second kappa shape index (κ2) is 6.15. The monoisotopic (exact) mass is 241 g/mol. The number of hydrogen-bond donors (Lipinski definition) is 1. The minimum atomic E-state index is -0.371. The highest BCUT2D eigenvalue weighted by Gasteiger charge is 2.14. The van der Waals surface area contributed by atoms with Gasteiger partial charge in [0.2, 0.25) is 5.16 Å². The predicted octanol–water partition coefficient (Wildman–Crippen LogP) is 1.86. The van der Waals surface area contributed by atoms with Crippen LogP contribution in [0.5, 0.6) is 0 Å². The summed E-state index contributed by atoms with van der Waals surface area (Å²) in [4.78, 5) is 4.46. The van der Waals surface area contributed by atoms with Gasteiger partial charge >= 0.3 is 0 Å². The lowest BCUT2D eigenvalue weighted by molar-refractivity contribution is 0.196. The normalized spacial score (nSPS) is 14.8. The average molecular weight is 241 g/mol. The van der Waals surface area contributed by atoms with Gasteiger partial charge < -0.3 is 5.11 Å². The Morgan fingerprint density at radius 3 is 2.25 bits per heavy atom. The van der Waals surface area contributed by atoms with Crippen LogP contribution < -0.4 is 0 Å². The molecule has 1 heterocycles. The summed E-state index contributed by atoms with van der Waals surface area (Å²) in [6.45, 7) is 7.84. The predicted molar refractivity (Wildman–Crippen MR) is 65.6 cm³/mol. The Morgan fingerprint density at radius 2 is 1.75 bits per heavy atom. The Hall–Kier alpha value is -0.680. The molecule has 16 heavy (non-hydrogen) atoms. The number of aliphatic hydroxyl groups excluding tert-OH is 1. The summed E-state index contributed by atoms with van der Waals surface area (Å²) in [5, 5.41) is 18.4. The molecule has 0 spiro atoms. The van der Waals surface area contributed by atoms with Gasteiger partial charge in [0.25, 0.3) is 0 Å². The van der Waals surface area contributed by atoms with E-state index in [4.69, 9.17) is 0 Å². The summed E-state index contributed by atoms with van der Waals surface area (Å²) >= 11 is 1.47. The van der Waals surface area contributed by atoms with Crippen molar-refractivity contribution in [3.8, 4) is 0 Å². The van der Waals surface area contributed by atoms with Crippen LogP contribution in [0.15, 0.2) is 5.16 Å². The standard InChI is InChI=1S/C11H19N3OS/c1-5-9-10(6-2)13-14-11(12-9)16-8(4)7(3)15/h7-8,15H,5-6H2,1-4H3. The van der Waals surface area contributed by atoms with Gasteiger partial charge in [-0.3, -0.25) is 0 Å². The molecule has 0 radical (unpaired) electrons. The lowest BCUT2D eigenvalue weighted by Gasteiger charge is -2.13. The van der Waals surface area contributed by atoms with E-state index >= 15 is 0 Å². The minimum absolute atomic E-state index is 0.0824. The average Bonchev–Trinajstić information content (AvgIpc) is 2.28. The molecule has 2 atom stereocenters. The number of rotatable bonds is 5. The van der Waals surface area contributed by atoms with E-state index in [1.807, 2.05) is 6.92 Å². The highest BCUT2D eigenvalue weighted by atomic mass is 32.2. The zero-order chi connectivity index (χ0) is 12.1. The Labute approximate surface area is 101 Å². The highest BCUT2D eigenvalue weighted by molar-refractivity contribution is 7.99. The molecule has 0 aliphatic carbocycles. The summed E-state index contributed by atoms with van der Waals surface area (Å²) < 4.78 is 0. The SMILES string of the molecule is CCc1nnc(SC(C)C(C)O)nc1CC. The largest absolute Gasteiger partial charge is 0.392 e. The third-order valence-electron chi connectivity index (χ3n) is 2.46. The molecular formula is C11H19N3OS. The maximum atomic E-state index is 9.41. The Kier molecular flexibility index (Phi) is 5.15. The van der Waals surface area contributed by atoms with Crippen molar-refractivity contribution in [1.82, 2.24) is 15.2 Å². The van der Waals surface area contributed by atoms with Gasteiger partial charge in [0, 0.05) is 5.25 Å². The molecule has 0 aliphatic heterocycles. The molecule has 4 nitrogen and oxygen atoms in total. The molecule has 5 heteroatoms. The van der Waals surface area contributed by atoms with Gasteiger partial charge in [-0.05, 0) is 19.8 Å². The Balaban J connectivity index is 2.82. The van der Waals surface area contributed by atoms with Crippen molar-refractivity contribution in [2.24, 2.45) is 0 Å². The van der Waals surface area contributed by atoms with Gasteiger partial charge in [0.05, 0.1) is 17.5 Å². The third kappa shape index (κ3) is 3.42. The van der Waals surface area contributed by atoms with Crippen molar-refractivity contribution in [2.75, 3.05) is 0 Å². The molecule has 1 aromatic rings. The molecule has 1 N–H and O–H groups in total.